The van der Waals surface area contributed by atoms with E-state index in [2.05, 4.69) is 0 Å². The van der Waals surface area contributed by atoms with Gasteiger partial charge >= 0.3 is 18.3 Å². The van der Waals surface area contributed by atoms with Crippen LogP contribution in [0, 0.1) is 0 Å². The van der Waals surface area contributed by atoms with Gasteiger partial charge in [0.05, 0.1) is 36.4 Å². The largest absolute Gasteiger partial charge is 0.480 e. The molecule has 0 aromatic heterocycles. The van der Waals surface area contributed by atoms with Crippen molar-refractivity contribution in [2.75, 3.05) is 13.1 Å². The summed E-state index contributed by atoms with van der Waals surface area (Å²) < 4.78 is 84.5. The van der Waals surface area contributed by atoms with Crippen LogP contribution < -0.4 is 0 Å². The van der Waals surface area contributed by atoms with Gasteiger partial charge in [-0.15, -0.1) is 0 Å². The van der Waals surface area contributed by atoms with Crippen molar-refractivity contribution >= 4 is 5.97 Å². The fourth-order valence-electron chi connectivity index (χ4n) is 3.93. The molecule has 0 spiro atoms. The highest BCUT2D eigenvalue weighted by Crippen LogP contribution is 2.38. The Morgan fingerprint density at radius 3 is 2.12 bits per heavy atom. The Bertz CT molecular complexity index is 897. The fraction of sp³-hybridized carbons (Fsp3) is 0.409. The van der Waals surface area contributed by atoms with Crippen molar-refractivity contribution in [2.24, 2.45) is 0 Å². The number of hydrogen-bond donors (Lipinski definition) is 1. The van der Waals surface area contributed by atoms with Gasteiger partial charge in [0.2, 0.25) is 0 Å². The molecule has 0 aliphatic carbocycles. The molecule has 3 rings (SSSR count). The molecule has 2 unspecified atom stereocenters. The Kier molecular flexibility index (Phi) is 7.14. The lowest BCUT2D eigenvalue weighted by molar-refractivity contribution is -0.143. The molecule has 0 amide bonds. The van der Waals surface area contributed by atoms with E-state index in [-0.39, 0.29) is 18.2 Å². The number of rotatable bonds is 6. The molecular weight excluding hydrogens is 440 g/mol. The normalized spacial score (nSPS) is 20.3. The average molecular weight is 461 g/mol. The Morgan fingerprint density at radius 1 is 1.00 bits per heavy atom. The molecule has 1 saturated heterocycles. The number of nitrogens with zero attached hydrogens (tertiary/aromatic N) is 1. The van der Waals surface area contributed by atoms with Crippen molar-refractivity contribution in [1.29, 1.82) is 0 Å². The van der Waals surface area contributed by atoms with Gasteiger partial charge in [-0.1, -0.05) is 30.3 Å². The zero-order chi connectivity index (χ0) is 23.5. The summed E-state index contributed by atoms with van der Waals surface area (Å²) in [6.45, 7) is -0.253. The van der Waals surface area contributed by atoms with Gasteiger partial charge in [-0.05, 0) is 48.7 Å². The Morgan fingerprint density at radius 2 is 1.59 bits per heavy atom. The molecule has 10 heteroatoms. The number of hydrogen-bond acceptors (Lipinski definition) is 3. The number of likely N-dealkylation sites (tertiary alicyclic amines) is 1. The molecule has 0 saturated carbocycles. The predicted octanol–water partition coefficient (Wildman–Crippen LogP) is 5.53. The number of benzene rings is 2. The van der Waals surface area contributed by atoms with Gasteiger partial charge in [0.15, 0.2) is 0 Å². The number of halogens is 6. The summed E-state index contributed by atoms with van der Waals surface area (Å²) in [4.78, 5) is 13.0. The second kappa shape index (κ2) is 9.50. The molecule has 0 radical (unpaired) electrons. The van der Waals surface area contributed by atoms with Gasteiger partial charge in [-0.3, -0.25) is 9.69 Å². The van der Waals surface area contributed by atoms with E-state index in [9.17, 15) is 36.2 Å². The van der Waals surface area contributed by atoms with E-state index in [4.69, 9.17) is 4.74 Å². The lowest BCUT2D eigenvalue weighted by Gasteiger charge is -2.40. The van der Waals surface area contributed by atoms with Gasteiger partial charge in [-0.2, -0.15) is 26.3 Å². The molecule has 174 valence electrons. The van der Waals surface area contributed by atoms with Crippen LogP contribution in [0.1, 0.15) is 41.1 Å². The van der Waals surface area contributed by atoms with Crippen molar-refractivity contribution in [1.82, 2.24) is 4.90 Å². The van der Waals surface area contributed by atoms with Gasteiger partial charge in [-0.25, -0.2) is 0 Å². The second-order valence-electron chi connectivity index (χ2n) is 7.63. The summed E-state index contributed by atoms with van der Waals surface area (Å²) in [5, 5.41) is 9.24. The number of alkyl halides is 6. The fourth-order valence-corrected chi connectivity index (χ4v) is 3.93. The Hall–Kier alpha value is -2.59. The van der Waals surface area contributed by atoms with Crippen LogP contribution in [0.25, 0.3) is 0 Å². The molecule has 0 bridgehead atoms. The quantitative estimate of drug-likeness (QED) is 0.575. The summed E-state index contributed by atoms with van der Waals surface area (Å²) >= 11 is 0. The van der Waals surface area contributed by atoms with Gasteiger partial charge in [0.25, 0.3) is 0 Å². The Balaban J connectivity index is 1.87. The first-order valence-electron chi connectivity index (χ1n) is 9.86. The second-order valence-corrected chi connectivity index (χ2v) is 7.63. The number of ether oxygens (including phenoxy) is 1. The molecule has 1 fully saturated rings. The SMILES string of the molecule is O=C(O)CN1CCCC(OCc2cc(C(F)(F)F)cc(C(F)(F)F)c2)C1c1ccccc1. The van der Waals surface area contributed by atoms with E-state index in [0.717, 1.165) is 5.56 Å². The van der Waals surface area contributed by atoms with Gasteiger partial charge in [0.1, 0.15) is 0 Å². The van der Waals surface area contributed by atoms with Crippen LogP contribution in [0.2, 0.25) is 0 Å². The van der Waals surface area contributed by atoms with Crippen LogP contribution in [0.3, 0.4) is 0 Å². The highest BCUT2D eigenvalue weighted by atomic mass is 19.4. The molecule has 4 nitrogen and oxygen atoms in total. The maximum absolute atomic E-state index is 13.1. The molecule has 2 aromatic rings. The van der Waals surface area contributed by atoms with Crippen molar-refractivity contribution in [3.05, 3.63) is 70.8 Å². The third-order valence-corrected chi connectivity index (χ3v) is 5.27. The average Bonchev–Trinajstić information content (AvgIpc) is 2.71. The Labute approximate surface area is 180 Å². The minimum absolute atomic E-state index is 0.0749. The first-order valence-corrected chi connectivity index (χ1v) is 9.86. The first kappa shape index (κ1) is 24.1. The number of carbonyl (C=O) groups is 1. The van der Waals surface area contributed by atoms with E-state index in [1.54, 1.807) is 35.2 Å². The van der Waals surface area contributed by atoms with E-state index < -0.39 is 48.2 Å². The number of aliphatic carboxylic acids is 1. The molecule has 1 aliphatic heterocycles. The predicted molar refractivity (Wildman–Crippen MR) is 103 cm³/mol. The third-order valence-electron chi connectivity index (χ3n) is 5.27. The van der Waals surface area contributed by atoms with Crippen molar-refractivity contribution < 1.29 is 41.0 Å². The highest BCUT2D eigenvalue weighted by molar-refractivity contribution is 5.69. The van der Waals surface area contributed by atoms with E-state index in [1.165, 1.54) is 0 Å². The number of carboxylic acids is 1. The zero-order valence-corrected chi connectivity index (χ0v) is 16.8. The lowest BCUT2D eigenvalue weighted by Crippen LogP contribution is -2.45. The molecule has 1 heterocycles. The van der Waals surface area contributed by atoms with E-state index >= 15 is 0 Å². The summed E-state index contributed by atoms with van der Waals surface area (Å²) in [5.41, 5.74) is -2.30. The van der Waals surface area contributed by atoms with Crippen LogP contribution in [0.4, 0.5) is 26.3 Å². The highest BCUT2D eigenvalue weighted by Gasteiger charge is 2.38. The summed E-state index contributed by atoms with van der Waals surface area (Å²) in [5.74, 6) is -1.04. The molecule has 2 atom stereocenters. The molecule has 2 aromatic carbocycles. The van der Waals surface area contributed by atoms with Gasteiger partial charge < -0.3 is 9.84 Å². The summed E-state index contributed by atoms with van der Waals surface area (Å²) in [6.07, 6.45) is -9.41. The van der Waals surface area contributed by atoms with Crippen LogP contribution in [-0.2, 0) is 28.5 Å². The molecule has 1 aliphatic rings. The standard InChI is InChI=1S/C22H21F6NO3/c23-21(24,25)16-9-14(10-17(11-16)22(26,27)28)13-32-18-7-4-8-29(12-19(30)31)20(18)15-5-2-1-3-6-15/h1-3,5-6,9-11,18,20H,4,7-8,12-13H2,(H,30,31). The summed E-state index contributed by atoms with van der Waals surface area (Å²) in [6, 6.07) is 9.76. The van der Waals surface area contributed by atoms with Crippen molar-refractivity contribution in [3.63, 3.8) is 0 Å². The molecule has 32 heavy (non-hydrogen) atoms. The molecule has 1 N–H and O–H groups in total. The number of piperidine rings is 1. The van der Waals surface area contributed by atoms with Crippen molar-refractivity contribution in [3.8, 4) is 0 Å². The first-order chi connectivity index (χ1) is 14.9. The van der Waals surface area contributed by atoms with Gasteiger partial charge in [0, 0.05) is 0 Å². The topological polar surface area (TPSA) is 49.8 Å². The number of carboxylic acid groups (broad SMARTS) is 1. The minimum atomic E-state index is -4.94. The maximum atomic E-state index is 13.1. The van der Waals surface area contributed by atoms with Crippen LogP contribution in [0.15, 0.2) is 48.5 Å². The molecular formula is C22H21F6NO3. The van der Waals surface area contributed by atoms with Crippen molar-refractivity contribution in [2.45, 2.75) is 43.9 Å². The maximum Gasteiger partial charge on any atom is 0.416 e. The van der Waals surface area contributed by atoms with E-state index in [0.29, 0.717) is 31.5 Å². The van der Waals surface area contributed by atoms with Crippen LogP contribution in [-0.4, -0.2) is 35.2 Å². The van der Waals surface area contributed by atoms with Crippen LogP contribution in [0.5, 0.6) is 0 Å². The monoisotopic (exact) mass is 461 g/mol. The van der Waals surface area contributed by atoms with E-state index in [1.807, 2.05) is 0 Å². The third kappa shape index (κ3) is 6.01. The zero-order valence-electron chi connectivity index (χ0n) is 16.8. The smallest absolute Gasteiger partial charge is 0.416 e. The van der Waals surface area contributed by atoms with Crippen LogP contribution >= 0.6 is 0 Å². The minimum Gasteiger partial charge on any atom is -0.480 e. The lowest BCUT2D eigenvalue weighted by atomic mass is 9.92. The summed E-state index contributed by atoms with van der Waals surface area (Å²) in [7, 11) is 0.